The summed E-state index contributed by atoms with van der Waals surface area (Å²) in [5.74, 6) is -3.47. The maximum Gasteiger partial charge on any atom is 0.262 e. The molecule has 1 aliphatic rings. The number of hydrogen-bond donors (Lipinski definition) is 3. The van der Waals surface area contributed by atoms with Crippen molar-refractivity contribution in [3.63, 3.8) is 0 Å². The molecule has 0 aliphatic carbocycles. The van der Waals surface area contributed by atoms with Gasteiger partial charge < -0.3 is 5.32 Å². The Kier molecular flexibility index (Phi) is 6.94. The van der Waals surface area contributed by atoms with Crippen LogP contribution in [0.1, 0.15) is 19.8 Å². The highest BCUT2D eigenvalue weighted by Gasteiger charge is 2.42. The van der Waals surface area contributed by atoms with E-state index in [-0.39, 0.29) is 18.2 Å². The number of benzene rings is 1. The Morgan fingerprint density at radius 2 is 2.04 bits per heavy atom. The van der Waals surface area contributed by atoms with Crippen LogP contribution < -0.4 is 15.4 Å². The van der Waals surface area contributed by atoms with Gasteiger partial charge in [0.2, 0.25) is 15.9 Å². The first-order chi connectivity index (χ1) is 10.7. The van der Waals surface area contributed by atoms with Gasteiger partial charge >= 0.3 is 0 Å². The Balaban J connectivity index is 0.00000288. The zero-order valence-corrected chi connectivity index (χ0v) is 14.6. The molecule has 1 fully saturated rings. The molecule has 6 nitrogen and oxygen atoms in total. The lowest BCUT2D eigenvalue weighted by atomic mass is 10.2. The second kappa shape index (κ2) is 8.09. The summed E-state index contributed by atoms with van der Waals surface area (Å²) in [5.41, 5.74) is 0.643. The van der Waals surface area contributed by atoms with Crippen LogP contribution >= 0.6 is 12.4 Å². The number of alkyl halides is 2. The van der Waals surface area contributed by atoms with Crippen molar-refractivity contribution in [3.8, 4) is 0 Å². The van der Waals surface area contributed by atoms with Crippen LogP contribution in [0.5, 0.6) is 0 Å². The molecule has 136 valence electrons. The molecule has 0 radical (unpaired) electrons. The largest absolute Gasteiger partial charge is 0.325 e. The molecule has 0 saturated carbocycles. The molecule has 1 amide bonds. The van der Waals surface area contributed by atoms with E-state index < -0.39 is 40.9 Å². The average molecular weight is 384 g/mol. The minimum Gasteiger partial charge on any atom is -0.325 e. The van der Waals surface area contributed by atoms with E-state index in [0.29, 0.717) is 17.8 Å². The standard InChI is InChI=1S/C14H19F2N3O3S.ClH/c1-2-6-23(21,22)19-11-5-3-4-10(7-11)18-13(20)12-8-14(15,16)9-17-12;/h3-5,7,12,17,19H,2,6,8-9H2,1H3,(H,18,20);1H. The molecular weight excluding hydrogens is 364 g/mol. The quantitative estimate of drug-likeness (QED) is 0.702. The summed E-state index contributed by atoms with van der Waals surface area (Å²) in [6.07, 6.45) is -0.0744. The molecule has 1 aliphatic heterocycles. The van der Waals surface area contributed by atoms with Crippen molar-refractivity contribution in [1.82, 2.24) is 5.32 Å². The lowest BCUT2D eigenvalue weighted by Crippen LogP contribution is -2.35. The number of hydrogen-bond acceptors (Lipinski definition) is 4. The van der Waals surface area contributed by atoms with Crippen LogP contribution in [0.3, 0.4) is 0 Å². The molecule has 0 spiro atoms. The Morgan fingerprint density at radius 1 is 1.38 bits per heavy atom. The third-order valence-corrected chi connectivity index (χ3v) is 4.80. The number of carbonyl (C=O) groups excluding carboxylic acids is 1. The summed E-state index contributed by atoms with van der Waals surface area (Å²) in [6.45, 7) is 1.22. The van der Waals surface area contributed by atoms with Crippen LogP contribution in [0.4, 0.5) is 20.2 Å². The highest BCUT2D eigenvalue weighted by atomic mass is 35.5. The van der Waals surface area contributed by atoms with E-state index in [0.717, 1.165) is 0 Å². The third kappa shape index (κ3) is 5.88. The Bertz CT molecular complexity index is 686. The zero-order chi connectivity index (χ0) is 17.1. The molecular formula is C14H20ClF2N3O3S. The Hall–Kier alpha value is -1.45. The van der Waals surface area contributed by atoms with Gasteiger partial charge in [-0.1, -0.05) is 13.0 Å². The highest BCUT2D eigenvalue weighted by molar-refractivity contribution is 7.92. The summed E-state index contributed by atoms with van der Waals surface area (Å²) in [6, 6.07) is 5.15. The fourth-order valence-corrected chi connectivity index (χ4v) is 3.42. The molecule has 1 atom stereocenters. The monoisotopic (exact) mass is 383 g/mol. The molecule has 1 saturated heterocycles. The van der Waals surface area contributed by atoms with E-state index in [2.05, 4.69) is 15.4 Å². The second-order valence-corrected chi connectivity index (χ2v) is 7.33. The SMILES string of the molecule is CCCS(=O)(=O)Nc1cccc(NC(=O)C2CC(F)(F)CN2)c1.Cl. The molecule has 1 heterocycles. The number of anilines is 2. The molecule has 3 N–H and O–H groups in total. The molecule has 0 aromatic heterocycles. The molecule has 0 bridgehead atoms. The summed E-state index contributed by atoms with van der Waals surface area (Å²) in [7, 11) is -3.44. The van der Waals surface area contributed by atoms with Gasteiger partial charge in [-0.05, 0) is 24.6 Å². The van der Waals surface area contributed by atoms with Crippen molar-refractivity contribution in [2.75, 3.05) is 22.3 Å². The predicted octanol–water partition coefficient (Wildman–Crippen LogP) is 2.20. The smallest absolute Gasteiger partial charge is 0.262 e. The minimum atomic E-state index is -3.44. The lowest BCUT2D eigenvalue weighted by molar-refractivity contribution is -0.118. The van der Waals surface area contributed by atoms with Crippen LogP contribution in [0.2, 0.25) is 0 Å². The Morgan fingerprint density at radius 3 is 2.62 bits per heavy atom. The fourth-order valence-electron chi connectivity index (χ4n) is 2.29. The van der Waals surface area contributed by atoms with Crippen LogP contribution in [0, 0.1) is 0 Å². The van der Waals surface area contributed by atoms with Crippen molar-refractivity contribution in [2.45, 2.75) is 31.7 Å². The second-order valence-electron chi connectivity index (χ2n) is 5.48. The summed E-state index contributed by atoms with van der Waals surface area (Å²) in [4.78, 5) is 12.0. The highest BCUT2D eigenvalue weighted by Crippen LogP contribution is 2.26. The van der Waals surface area contributed by atoms with Crippen molar-refractivity contribution >= 4 is 39.7 Å². The predicted molar refractivity (Wildman–Crippen MR) is 91.4 cm³/mol. The number of sulfonamides is 1. The molecule has 10 heteroatoms. The Labute approximate surface area is 145 Å². The number of halogens is 3. The van der Waals surface area contributed by atoms with Crippen LogP contribution in [-0.2, 0) is 14.8 Å². The van der Waals surface area contributed by atoms with Crippen molar-refractivity contribution < 1.29 is 22.0 Å². The van der Waals surface area contributed by atoms with E-state index in [4.69, 9.17) is 0 Å². The van der Waals surface area contributed by atoms with Gasteiger partial charge in [0.25, 0.3) is 5.92 Å². The van der Waals surface area contributed by atoms with Gasteiger partial charge in [0.15, 0.2) is 0 Å². The van der Waals surface area contributed by atoms with Crippen LogP contribution in [-0.4, -0.2) is 38.6 Å². The molecule has 24 heavy (non-hydrogen) atoms. The van der Waals surface area contributed by atoms with E-state index in [1.807, 2.05) is 0 Å². The van der Waals surface area contributed by atoms with Crippen LogP contribution in [0.15, 0.2) is 24.3 Å². The van der Waals surface area contributed by atoms with Crippen molar-refractivity contribution in [2.24, 2.45) is 0 Å². The van der Waals surface area contributed by atoms with Gasteiger partial charge in [-0.15, -0.1) is 12.4 Å². The van der Waals surface area contributed by atoms with Crippen molar-refractivity contribution in [1.29, 1.82) is 0 Å². The van der Waals surface area contributed by atoms with E-state index in [1.54, 1.807) is 25.1 Å². The number of rotatable bonds is 6. The fraction of sp³-hybridized carbons (Fsp3) is 0.500. The number of amides is 1. The van der Waals surface area contributed by atoms with Gasteiger partial charge in [0.05, 0.1) is 24.0 Å². The van der Waals surface area contributed by atoms with E-state index in [1.165, 1.54) is 6.07 Å². The van der Waals surface area contributed by atoms with Crippen LogP contribution in [0.25, 0.3) is 0 Å². The first-order valence-electron chi connectivity index (χ1n) is 7.23. The number of carbonyl (C=O) groups is 1. The van der Waals surface area contributed by atoms with Crippen molar-refractivity contribution in [3.05, 3.63) is 24.3 Å². The molecule has 2 rings (SSSR count). The maximum atomic E-state index is 13.1. The molecule has 1 aromatic carbocycles. The van der Waals surface area contributed by atoms with Gasteiger partial charge in [0, 0.05) is 12.1 Å². The van der Waals surface area contributed by atoms with Gasteiger partial charge in [0.1, 0.15) is 0 Å². The lowest BCUT2D eigenvalue weighted by Gasteiger charge is -2.13. The third-order valence-electron chi connectivity index (χ3n) is 3.30. The van der Waals surface area contributed by atoms with Gasteiger partial charge in [-0.3, -0.25) is 14.8 Å². The minimum absolute atomic E-state index is 0. The zero-order valence-electron chi connectivity index (χ0n) is 13.0. The topological polar surface area (TPSA) is 87.3 Å². The normalized spacial score (nSPS) is 19.4. The number of nitrogens with one attached hydrogen (secondary N) is 3. The first kappa shape index (κ1) is 20.6. The van der Waals surface area contributed by atoms with Gasteiger partial charge in [-0.2, -0.15) is 0 Å². The molecule has 1 aromatic rings. The molecule has 1 unspecified atom stereocenters. The summed E-state index contributed by atoms with van der Waals surface area (Å²) in [5, 5.41) is 4.97. The summed E-state index contributed by atoms with van der Waals surface area (Å²) >= 11 is 0. The van der Waals surface area contributed by atoms with E-state index >= 15 is 0 Å². The average Bonchev–Trinajstić information content (AvgIpc) is 2.79. The van der Waals surface area contributed by atoms with Gasteiger partial charge in [-0.25, -0.2) is 17.2 Å². The first-order valence-corrected chi connectivity index (χ1v) is 8.89. The summed E-state index contributed by atoms with van der Waals surface area (Å²) < 4.78 is 52.0. The maximum absolute atomic E-state index is 13.1. The van der Waals surface area contributed by atoms with E-state index in [9.17, 15) is 22.0 Å².